The number of hydrogen-bond acceptors (Lipinski definition) is 3. The van der Waals surface area contributed by atoms with Gasteiger partial charge in [0.2, 0.25) is 0 Å². The van der Waals surface area contributed by atoms with E-state index in [1.165, 1.54) is 75.8 Å². The van der Waals surface area contributed by atoms with Gasteiger partial charge in [0.25, 0.3) is 0 Å². The molecule has 0 fully saturated rings. The SMILES string of the molecule is CC(C)(C)CCCCC[P+](C)(C)CCCCCC(C)(C)C.Cc1ccc(S(=O)(=O)[O-])cc1. The highest BCUT2D eigenvalue weighted by Crippen LogP contribution is 2.52. The van der Waals surface area contributed by atoms with Gasteiger partial charge in [-0.1, -0.05) is 72.1 Å². The predicted octanol–water partition coefficient (Wildman–Crippen LogP) is 8.38. The second kappa shape index (κ2) is 14.1. The summed E-state index contributed by atoms with van der Waals surface area (Å²) in [4.78, 5) is -0.178. The molecular formula is C27H51O3PS. The van der Waals surface area contributed by atoms with E-state index in [1.54, 1.807) is 12.1 Å². The molecule has 0 heterocycles. The van der Waals surface area contributed by atoms with Gasteiger partial charge in [0.05, 0.1) is 17.2 Å². The van der Waals surface area contributed by atoms with Crippen molar-refractivity contribution >= 4 is 17.4 Å². The van der Waals surface area contributed by atoms with Gasteiger partial charge >= 0.3 is 0 Å². The summed E-state index contributed by atoms with van der Waals surface area (Å²) in [6, 6.07) is 5.78. The summed E-state index contributed by atoms with van der Waals surface area (Å²) >= 11 is 0. The zero-order valence-electron chi connectivity index (χ0n) is 22.5. The fourth-order valence-corrected chi connectivity index (χ4v) is 6.41. The maximum atomic E-state index is 10.4. The third kappa shape index (κ3) is 19.1. The third-order valence-electron chi connectivity index (χ3n) is 5.69. The van der Waals surface area contributed by atoms with Gasteiger partial charge in [-0.25, -0.2) is 8.42 Å². The smallest absolute Gasteiger partial charge is 0.124 e. The number of benzene rings is 1. The van der Waals surface area contributed by atoms with Gasteiger partial charge in [-0.15, -0.1) is 0 Å². The second-order valence-electron chi connectivity index (χ2n) is 12.4. The predicted molar refractivity (Wildman–Crippen MR) is 143 cm³/mol. The Morgan fingerprint density at radius 2 is 1.09 bits per heavy atom. The van der Waals surface area contributed by atoms with Crippen molar-refractivity contribution in [1.29, 1.82) is 0 Å². The fourth-order valence-electron chi connectivity index (χ4n) is 3.56. The lowest BCUT2D eigenvalue weighted by Gasteiger charge is -2.20. The largest absolute Gasteiger partial charge is 0.744 e. The van der Waals surface area contributed by atoms with E-state index in [0.29, 0.717) is 10.8 Å². The fraction of sp³-hybridized carbons (Fsp3) is 0.778. The van der Waals surface area contributed by atoms with Crippen LogP contribution in [0, 0.1) is 17.8 Å². The first-order chi connectivity index (χ1) is 14.4. The number of aryl methyl sites for hydroxylation is 1. The van der Waals surface area contributed by atoms with E-state index in [9.17, 15) is 13.0 Å². The van der Waals surface area contributed by atoms with Crippen molar-refractivity contribution in [2.75, 3.05) is 25.7 Å². The van der Waals surface area contributed by atoms with Crippen molar-refractivity contribution in [3.05, 3.63) is 29.8 Å². The van der Waals surface area contributed by atoms with Gasteiger partial charge in [0.1, 0.15) is 10.1 Å². The molecular weight excluding hydrogens is 435 g/mol. The van der Waals surface area contributed by atoms with E-state index in [0.717, 1.165) is 5.56 Å². The van der Waals surface area contributed by atoms with E-state index in [-0.39, 0.29) is 4.90 Å². The van der Waals surface area contributed by atoms with Crippen LogP contribution in [0.15, 0.2) is 29.2 Å². The van der Waals surface area contributed by atoms with Crippen LogP contribution in [-0.4, -0.2) is 38.6 Å². The summed E-state index contributed by atoms with van der Waals surface area (Å²) in [7, 11) is -4.87. The highest BCUT2D eigenvalue weighted by atomic mass is 32.2. The molecule has 1 aromatic carbocycles. The zero-order chi connectivity index (χ0) is 25.1. The first-order valence-electron chi connectivity index (χ1n) is 12.3. The molecule has 0 spiro atoms. The van der Waals surface area contributed by atoms with Crippen molar-refractivity contribution in [3.8, 4) is 0 Å². The summed E-state index contributed by atoms with van der Waals surface area (Å²) in [5.74, 6) is 0. The summed E-state index contributed by atoms with van der Waals surface area (Å²) < 4.78 is 31.2. The molecule has 1 rings (SSSR count). The Hall–Kier alpha value is -0.440. The lowest BCUT2D eigenvalue weighted by Crippen LogP contribution is -2.06. The molecule has 0 bridgehead atoms. The topological polar surface area (TPSA) is 57.2 Å². The van der Waals surface area contributed by atoms with E-state index >= 15 is 0 Å². The Kier molecular flexibility index (Phi) is 13.9. The molecule has 0 aromatic heterocycles. The molecule has 32 heavy (non-hydrogen) atoms. The molecule has 3 nitrogen and oxygen atoms in total. The maximum absolute atomic E-state index is 10.4. The molecule has 0 N–H and O–H groups in total. The van der Waals surface area contributed by atoms with Crippen molar-refractivity contribution in [1.82, 2.24) is 0 Å². The highest BCUT2D eigenvalue weighted by Gasteiger charge is 2.23. The lowest BCUT2D eigenvalue weighted by molar-refractivity contribution is 0.359. The molecule has 0 atom stereocenters. The monoisotopic (exact) mass is 486 g/mol. The van der Waals surface area contributed by atoms with Gasteiger partial charge in [-0.05, 0) is 68.4 Å². The Balaban J connectivity index is 0.000000726. The summed E-state index contributed by atoms with van der Waals surface area (Å²) in [6.45, 7) is 21.2. The zero-order valence-corrected chi connectivity index (χ0v) is 24.2. The first-order valence-corrected chi connectivity index (χ1v) is 16.7. The lowest BCUT2D eigenvalue weighted by atomic mass is 9.90. The molecule has 0 amide bonds. The van der Waals surface area contributed by atoms with E-state index in [1.807, 2.05) is 6.92 Å². The van der Waals surface area contributed by atoms with Gasteiger partial charge in [-0.3, -0.25) is 0 Å². The van der Waals surface area contributed by atoms with Crippen LogP contribution in [0.3, 0.4) is 0 Å². The Morgan fingerprint density at radius 1 is 0.719 bits per heavy atom. The molecule has 0 unspecified atom stereocenters. The Labute approximate surface area is 201 Å². The maximum Gasteiger partial charge on any atom is 0.124 e. The van der Waals surface area contributed by atoms with Crippen LogP contribution in [0.25, 0.3) is 0 Å². The number of unbranched alkanes of at least 4 members (excludes halogenated alkanes) is 4. The van der Waals surface area contributed by atoms with Crippen LogP contribution in [-0.2, 0) is 10.1 Å². The standard InChI is InChI=1S/C20H44P.C7H8O3S/c1-19(2,3)15-11-9-13-17-21(7,8)18-14-10-12-16-20(4,5)6;1-6-2-4-7(5-3-6)11(8,9)10/h9-18H2,1-8H3;2-5H,1H3,(H,8,9,10)/q+1;/p-1. The average Bonchev–Trinajstić information content (AvgIpc) is 2.59. The van der Waals surface area contributed by atoms with Gasteiger partial charge in [0, 0.05) is 20.6 Å². The van der Waals surface area contributed by atoms with Crippen LogP contribution in [0.1, 0.15) is 98.5 Å². The third-order valence-corrected chi connectivity index (χ3v) is 9.59. The number of hydrogen-bond donors (Lipinski definition) is 0. The first kappa shape index (κ1) is 31.6. The molecule has 5 heteroatoms. The Bertz CT molecular complexity index is 698. The molecule has 0 aliphatic heterocycles. The molecule has 1 aromatic rings. The van der Waals surface area contributed by atoms with Crippen molar-refractivity contribution in [3.63, 3.8) is 0 Å². The number of rotatable bonds is 11. The van der Waals surface area contributed by atoms with Crippen molar-refractivity contribution in [2.45, 2.75) is 105 Å². The van der Waals surface area contributed by atoms with Gasteiger partial charge < -0.3 is 4.55 Å². The minimum absolute atomic E-state index is 0.178. The van der Waals surface area contributed by atoms with Crippen LogP contribution in [0.2, 0.25) is 0 Å². The average molecular weight is 487 g/mol. The van der Waals surface area contributed by atoms with E-state index in [4.69, 9.17) is 0 Å². The van der Waals surface area contributed by atoms with Crippen LogP contribution in [0.5, 0.6) is 0 Å². The molecule has 0 radical (unpaired) electrons. The van der Waals surface area contributed by atoms with Gasteiger partial charge in [0.15, 0.2) is 0 Å². The van der Waals surface area contributed by atoms with Crippen molar-refractivity contribution in [2.24, 2.45) is 10.8 Å². The van der Waals surface area contributed by atoms with Crippen LogP contribution in [0.4, 0.5) is 0 Å². The summed E-state index contributed by atoms with van der Waals surface area (Å²) in [6.07, 6.45) is 14.5. The Morgan fingerprint density at radius 3 is 1.41 bits per heavy atom. The highest BCUT2D eigenvalue weighted by molar-refractivity contribution is 7.85. The van der Waals surface area contributed by atoms with E-state index < -0.39 is 17.4 Å². The van der Waals surface area contributed by atoms with Gasteiger partial charge in [-0.2, -0.15) is 0 Å². The van der Waals surface area contributed by atoms with E-state index in [2.05, 4.69) is 54.9 Å². The second-order valence-corrected chi connectivity index (χ2v) is 18.5. The minimum atomic E-state index is -4.27. The normalized spacial score (nSPS) is 12.9. The molecule has 0 aliphatic carbocycles. The molecule has 188 valence electrons. The molecule has 0 saturated carbocycles. The molecule has 0 saturated heterocycles. The summed E-state index contributed by atoms with van der Waals surface area (Å²) in [5.41, 5.74) is 1.98. The quantitative estimate of drug-likeness (QED) is 0.179. The van der Waals surface area contributed by atoms with Crippen molar-refractivity contribution < 1.29 is 13.0 Å². The van der Waals surface area contributed by atoms with Crippen LogP contribution < -0.4 is 0 Å². The van der Waals surface area contributed by atoms with Crippen LogP contribution >= 0.6 is 7.26 Å². The molecule has 0 aliphatic rings. The summed E-state index contributed by atoms with van der Waals surface area (Å²) in [5, 5.41) is 0. The minimum Gasteiger partial charge on any atom is -0.744 e.